The van der Waals surface area contributed by atoms with Crippen LogP contribution in [0.25, 0.3) is 10.9 Å². The van der Waals surface area contributed by atoms with E-state index in [2.05, 4.69) is 15.3 Å². The highest BCUT2D eigenvalue weighted by Gasteiger charge is 2.28. The predicted octanol–water partition coefficient (Wildman–Crippen LogP) is 2.40. The number of aryl methyl sites for hydroxylation is 1. The van der Waals surface area contributed by atoms with Crippen LogP contribution in [0.3, 0.4) is 0 Å². The summed E-state index contributed by atoms with van der Waals surface area (Å²) < 4.78 is 15.4. The summed E-state index contributed by atoms with van der Waals surface area (Å²) in [7, 11) is 0. The number of benzene rings is 1. The molecule has 0 fully saturated rings. The molecule has 0 unspecified atom stereocenters. The molecule has 0 bridgehead atoms. The highest BCUT2D eigenvalue weighted by molar-refractivity contribution is 6.09. The second-order valence-corrected chi connectivity index (χ2v) is 6.29. The molecule has 7 nitrogen and oxygen atoms in total. The van der Waals surface area contributed by atoms with Crippen molar-refractivity contribution < 1.29 is 14.3 Å². The number of nitrogens with one attached hydrogen (secondary N) is 1. The maximum Gasteiger partial charge on any atom is 0.267 e. The van der Waals surface area contributed by atoms with Gasteiger partial charge in [0.15, 0.2) is 5.82 Å². The van der Waals surface area contributed by atoms with Crippen LogP contribution in [0.4, 0.5) is 10.2 Å². The summed E-state index contributed by atoms with van der Waals surface area (Å²) in [6.07, 6.45) is 5.38. The number of carbonyl (C=O) groups is 1. The van der Waals surface area contributed by atoms with Gasteiger partial charge in [0.2, 0.25) is 0 Å². The van der Waals surface area contributed by atoms with Crippen molar-refractivity contribution in [1.82, 2.24) is 14.5 Å². The number of nitrogens with zero attached hydrogens (tertiary/aromatic N) is 3. The molecule has 3 aromatic rings. The lowest BCUT2D eigenvalue weighted by Crippen LogP contribution is -2.33. The fourth-order valence-electron chi connectivity index (χ4n) is 3.43. The Kier molecular flexibility index (Phi) is 3.68. The van der Waals surface area contributed by atoms with E-state index in [9.17, 15) is 19.1 Å². The SMILES string of the molecule is C[C@@H]1CCc2cc(F)cc3c(O)c(C(=O)Nc4cnccn4)c(=O)n1c23. The smallest absolute Gasteiger partial charge is 0.267 e. The van der Waals surface area contributed by atoms with Gasteiger partial charge in [0.05, 0.1) is 11.7 Å². The lowest BCUT2D eigenvalue weighted by Gasteiger charge is -2.26. The third-order valence-corrected chi connectivity index (χ3v) is 4.62. The zero-order chi connectivity index (χ0) is 18.4. The van der Waals surface area contributed by atoms with Crippen molar-refractivity contribution in [2.45, 2.75) is 25.8 Å². The number of pyridine rings is 1. The summed E-state index contributed by atoms with van der Waals surface area (Å²) in [5.41, 5.74) is 0.0694. The van der Waals surface area contributed by atoms with E-state index in [1.54, 1.807) is 0 Å². The Morgan fingerprint density at radius 3 is 2.92 bits per heavy atom. The Labute approximate surface area is 147 Å². The molecule has 1 atom stereocenters. The molecule has 0 saturated heterocycles. The molecular formula is C18H15FN4O3. The van der Waals surface area contributed by atoms with Crippen molar-refractivity contribution in [2.75, 3.05) is 5.32 Å². The topological polar surface area (TPSA) is 97.1 Å². The van der Waals surface area contributed by atoms with E-state index >= 15 is 0 Å². The molecule has 132 valence electrons. The average Bonchev–Trinajstić information content (AvgIpc) is 2.61. The molecule has 2 N–H and O–H groups in total. The van der Waals surface area contributed by atoms with E-state index in [0.717, 1.165) is 6.07 Å². The van der Waals surface area contributed by atoms with Crippen LogP contribution in [-0.4, -0.2) is 25.5 Å². The number of rotatable bonds is 2. The minimum absolute atomic E-state index is 0.142. The van der Waals surface area contributed by atoms with Crippen molar-refractivity contribution >= 4 is 22.6 Å². The number of anilines is 1. The molecule has 0 spiro atoms. The molecule has 4 rings (SSSR count). The summed E-state index contributed by atoms with van der Waals surface area (Å²) >= 11 is 0. The summed E-state index contributed by atoms with van der Waals surface area (Å²) in [5.74, 6) is -1.73. The van der Waals surface area contributed by atoms with E-state index in [0.29, 0.717) is 23.9 Å². The van der Waals surface area contributed by atoms with Gasteiger partial charge in [-0.1, -0.05) is 0 Å². The number of hydrogen-bond acceptors (Lipinski definition) is 5. The molecule has 8 heteroatoms. The highest BCUT2D eigenvalue weighted by Crippen LogP contribution is 2.35. The molecule has 2 aromatic heterocycles. The monoisotopic (exact) mass is 354 g/mol. The van der Waals surface area contributed by atoms with Crippen LogP contribution in [-0.2, 0) is 6.42 Å². The molecular weight excluding hydrogens is 339 g/mol. The first-order valence-electron chi connectivity index (χ1n) is 8.14. The zero-order valence-corrected chi connectivity index (χ0v) is 13.9. The minimum Gasteiger partial charge on any atom is -0.506 e. The average molecular weight is 354 g/mol. The molecule has 0 saturated carbocycles. The number of halogens is 1. The standard InChI is InChI=1S/C18H15FN4O3/c1-9-2-3-10-6-11(19)7-12-15(10)23(9)18(26)14(16(12)24)17(25)22-13-8-20-4-5-21-13/h4-9,24H,2-3H2,1H3,(H,21,22,25)/t9-/m1/s1. The van der Waals surface area contributed by atoms with E-state index < -0.39 is 28.6 Å². The van der Waals surface area contributed by atoms with Gasteiger partial charge in [-0.2, -0.15) is 0 Å². The van der Waals surface area contributed by atoms with Crippen molar-refractivity contribution in [3.63, 3.8) is 0 Å². The highest BCUT2D eigenvalue weighted by atomic mass is 19.1. The third-order valence-electron chi connectivity index (χ3n) is 4.62. The Balaban J connectivity index is 1.96. The number of carbonyl (C=O) groups excluding carboxylic acids is 1. The van der Waals surface area contributed by atoms with Crippen LogP contribution in [0.15, 0.2) is 35.5 Å². The van der Waals surface area contributed by atoms with Gasteiger partial charge < -0.3 is 15.0 Å². The molecule has 1 aliphatic rings. The molecule has 3 heterocycles. The Morgan fingerprint density at radius 2 is 2.19 bits per heavy atom. The largest absolute Gasteiger partial charge is 0.506 e. The number of aromatic hydroxyl groups is 1. The van der Waals surface area contributed by atoms with Gasteiger partial charge in [0.1, 0.15) is 17.1 Å². The lowest BCUT2D eigenvalue weighted by atomic mass is 9.95. The van der Waals surface area contributed by atoms with Crippen LogP contribution in [0.1, 0.15) is 35.3 Å². The van der Waals surface area contributed by atoms with E-state index in [1.165, 1.54) is 29.2 Å². The van der Waals surface area contributed by atoms with Crippen LogP contribution >= 0.6 is 0 Å². The van der Waals surface area contributed by atoms with E-state index in [-0.39, 0.29) is 17.2 Å². The van der Waals surface area contributed by atoms with Crippen molar-refractivity contribution in [1.29, 1.82) is 0 Å². The van der Waals surface area contributed by atoms with Gasteiger partial charge in [0.25, 0.3) is 11.5 Å². The van der Waals surface area contributed by atoms with Gasteiger partial charge in [-0.15, -0.1) is 0 Å². The Hall–Kier alpha value is -3.29. The first kappa shape index (κ1) is 16.2. The fourth-order valence-corrected chi connectivity index (χ4v) is 3.43. The van der Waals surface area contributed by atoms with Gasteiger partial charge >= 0.3 is 0 Å². The molecule has 1 aromatic carbocycles. The molecule has 1 aliphatic heterocycles. The van der Waals surface area contributed by atoms with Gasteiger partial charge in [0, 0.05) is 23.8 Å². The zero-order valence-electron chi connectivity index (χ0n) is 13.9. The van der Waals surface area contributed by atoms with Crippen LogP contribution < -0.4 is 10.9 Å². The summed E-state index contributed by atoms with van der Waals surface area (Å²) in [6.45, 7) is 1.86. The van der Waals surface area contributed by atoms with Crippen molar-refractivity contribution in [3.05, 3.63) is 58.0 Å². The second-order valence-electron chi connectivity index (χ2n) is 6.29. The van der Waals surface area contributed by atoms with Gasteiger partial charge in [-0.05, 0) is 37.5 Å². The molecule has 0 radical (unpaired) electrons. The normalized spacial score (nSPS) is 15.8. The van der Waals surface area contributed by atoms with Crippen LogP contribution in [0.5, 0.6) is 5.75 Å². The second kappa shape index (κ2) is 5.91. The molecule has 26 heavy (non-hydrogen) atoms. The van der Waals surface area contributed by atoms with Crippen LogP contribution in [0.2, 0.25) is 0 Å². The Morgan fingerprint density at radius 1 is 1.38 bits per heavy atom. The number of amides is 1. The fraction of sp³-hybridized carbons (Fsp3) is 0.222. The Bertz CT molecular complexity index is 1100. The third kappa shape index (κ3) is 2.42. The van der Waals surface area contributed by atoms with Crippen molar-refractivity contribution in [2.24, 2.45) is 0 Å². The first-order chi connectivity index (χ1) is 12.5. The van der Waals surface area contributed by atoms with E-state index in [1.807, 2.05) is 6.92 Å². The lowest BCUT2D eigenvalue weighted by molar-refractivity contribution is 0.102. The number of aromatic nitrogens is 3. The predicted molar refractivity (Wildman–Crippen MR) is 92.8 cm³/mol. The van der Waals surface area contributed by atoms with Gasteiger partial charge in [-0.3, -0.25) is 14.6 Å². The maximum absolute atomic E-state index is 14.0. The van der Waals surface area contributed by atoms with Crippen molar-refractivity contribution in [3.8, 4) is 5.75 Å². The number of hydrogen-bond donors (Lipinski definition) is 2. The minimum atomic E-state index is -0.817. The van der Waals surface area contributed by atoms with E-state index in [4.69, 9.17) is 0 Å². The van der Waals surface area contributed by atoms with Gasteiger partial charge in [-0.25, -0.2) is 9.37 Å². The summed E-state index contributed by atoms with van der Waals surface area (Å²) in [5, 5.41) is 13.2. The molecule has 0 aliphatic carbocycles. The molecule has 1 amide bonds. The summed E-state index contributed by atoms with van der Waals surface area (Å²) in [6, 6.07) is 2.33. The van der Waals surface area contributed by atoms with Crippen LogP contribution in [0, 0.1) is 5.82 Å². The maximum atomic E-state index is 14.0. The summed E-state index contributed by atoms with van der Waals surface area (Å²) in [4.78, 5) is 33.3. The first-order valence-corrected chi connectivity index (χ1v) is 8.14. The quantitative estimate of drug-likeness (QED) is 0.736.